The second kappa shape index (κ2) is 7.58. The van der Waals surface area contributed by atoms with Gasteiger partial charge in [0, 0.05) is 23.7 Å². The lowest BCUT2D eigenvalue weighted by Crippen LogP contribution is -2.31. The molecular weight excluding hydrogens is 287 g/mol. The van der Waals surface area contributed by atoms with Crippen molar-refractivity contribution in [3.05, 3.63) is 28.8 Å². The first-order valence-corrected chi connectivity index (χ1v) is 6.39. The highest BCUT2D eigenvalue weighted by Gasteiger charge is 2.22. The van der Waals surface area contributed by atoms with Gasteiger partial charge in [0.05, 0.1) is 13.0 Å². The Bertz CT molecular complexity index is 435. The molecule has 2 N–H and O–H groups in total. The highest BCUT2D eigenvalue weighted by atomic mass is 35.5. The summed E-state index contributed by atoms with van der Waals surface area (Å²) in [7, 11) is 1.61. The SMILES string of the molecule is COc1ccc(Cl)cc1CNC(=O)C1CCNC1.Cl. The zero-order valence-corrected chi connectivity index (χ0v) is 12.3. The van der Waals surface area contributed by atoms with E-state index < -0.39 is 0 Å². The van der Waals surface area contributed by atoms with Gasteiger partial charge in [-0.2, -0.15) is 0 Å². The lowest BCUT2D eigenvalue weighted by molar-refractivity contribution is -0.124. The molecule has 1 heterocycles. The number of rotatable bonds is 4. The molecule has 1 fully saturated rings. The van der Waals surface area contributed by atoms with Crippen LogP contribution in [0.3, 0.4) is 0 Å². The van der Waals surface area contributed by atoms with E-state index in [4.69, 9.17) is 16.3 Å². The molecule has 0 bridgehead atoms. The number of methoxy groups -OCH3 is 1. The summed E-state index contributed by atoms with van der Waals surface area (Å²) < 4.78 is 5.24. The summed E-state index contributed by atoms with van der Waals surface area (Å²) in [6.45, 7) is 2.12. The lowest BCUT2D eigenvalue weighted by atomic mass is 10.1. The van der Waals surface area contributed by atoms with E-state index in [0.29, 0.717) is 11.6 Å². The minimum absolute atomic E-state index is 0. The zero-order chi connectivity index (χ0) is 13.0. The quantitative estimate of drug-likeness (QED) is 0.894. The standard InChI is InChI=1S/C13H17ClN2O2.ClH/c1-18-12-3-2-11(14)6-10(12)8-16-13(17)9-4-5-15-7-9;/h2-3,6,9,15H,4-5,7-8H2,1H3,(H,16,17);1H. The van der Waals surface area contributed by atoms with Gasteiger partial charge in [-0.1, -0.05) is 11.6 Å². The lowest BCUT2D eigenvalue weighted by Gasteiger charge is -2.12. The molecule has 106 valence electrons. The van der Waals surface area contributed by atoms with Crippen LogP contribution < -0.4 is 15.4 Å². The van der Waals surface area contributed by atoms with Gasteiger partial charge in [0.25, 0.3) is 0 Å². The van der Waals surface area contributed by atoms with Gasteiger partial charge in [0.1, 0.15) is 5.75 Å². The van der Waals surface area contributed by atoms with Gasteiger partial charge in [0.15, 0.2) is 0 Å². The van der Waals surface area contributed by atoms with Gasteiger partial charge >= 0.3 is 0 Å². The van der Waals surface area contributed by atoms with Crippen molar-refractivity contribution in [1.29, 1.82) is 0 Å². The minimum atomic E-state index is 0. The topological polar surface area (TPSA) is 50.4 Å². The van der Waals surface area contributed by atoms with E-state index in [0.717, 1.165) is 30.8 Å². The highest BCUT2D eigenvalue weighted by Crippen LogP contribution is 2.22. The van der Waals surface area contributed by atoms with Crippen molar-refractivity contribution in [2.75, 3.05) is 20.2 Å². The predicted molar refractivity (Wildman–Crippen MR) is 78.1 cm³/mol. The van der Waals surface area contributed by atoms with Crippen LogP contribution in [0.1, 0.15) is 12.0 Å². The number of benzene rings is 1. The van der Waals surface area contributed by atoms with E-state index in [2.05, 4.69) is 10.6 Å². The third kappa shape index (κ3) is 4.27. The fourth-order valence-electron chi connectivity index (χ4n) is 2.09. The van der Waals surface area contributed by atoms with Crippen molar-refractivity contribution in [1.82, 2.24) is 10.6 Å². The molecule has 6 heteroatoms. The second-order valence-electron chi connectivity index (χ2n) is 4.36. The molecule has 1 aromatic carbocycles. The van der Waals surface area contributed by atoms with Crippen LogP contribution in [0, 0.1) is 5.92 Å². The first-order valence-electron chi connectivity index (χ1n) is 6.01. The maximum atomic E-state index is 11.9. The summed E-state index contributed by atoms with van der Waals surface area (Å²) in [5.41, 5.74) is 0.893. The van der Waals surface area contributed by atoms with Crippen LogP contribution >= 0.6 is 24.0 Å². The zero-order valence-electron chi connectivity index (χ0n) is 10.7. The van der Waals surface area contributed by atoms with Crippen LogP contribution in [0.4, 0.5) is 0 Å². The van der Waals surface area contributed by atoms with E-state index in [-0.39, 0.29) is 24.2 Å². The van der Waals surface area contributed by atoms with E-state index in [1.54, 1.807) is 19.2 Å². The number of ether oxygens (including phenoxy) is 1. The summed E-state index contributed by atoms with van der Waals surface area (Å²) in [5, 5.41) is 6.74. The van der Waals surface area contributed by atoms with E-state index in [1.165, 1.54) is 0 Å². The number of hydrogen-bond donors (Lipinski definition) is 2. The molecule has 0 radical (unpaired) electrons. The van der Waals surface area contributed by atoms with Gasteiger partial charge in [-0.3, -0.25) is 4.79 Å². The molecule has 0 saturated carbocycles. The van der Waals surface area contributed by atoms with Gasteiger partial charge < -0.3 is 15.4 Å². The number of halogens is 2. The highest BCUT2D eigenvalue weighted by molar-refractivity contribution is 6.30. The van der Waals surface area contributed by atoms with Gasteiger partial charge in [-0.05, 0) is 31.2 Å². The minimum Gasteiger partial charge on any atom is -0.496 e. The Morgan fingerprint density at radius 2 is 2.37 bits per heavy atom. The Morgan fingerprint density at radius 3 is 3.00 bits per heavy atom. The van der Waals surface area contributed by atoms with Crippen LogP contribution in [0.25, 0.3) is 0 Å². The normalized spacial score (nSPS) is 17.7. The van der Waals surface area contributed by atoms with Crippen LogP contribution in [0.15, 0.2) is 18.2 Å². The maximum Gasteiger partial charge on any atom is 0.224 e. The summed E-state index contributed by atoms with van der Waals surface area (Å²) >= 11 is 5.94. The van der Waals surface area contributed by atoms with Crippen LogP contribution in [0.2, 0.25) is 5.02 Å². The smallest absolute Gasteiger partial charge is 0.224 e. The molecule has 19 heavy (non-hydrogen) atoms. The van der Waals surface area contributed by atoms with Crippen LogP contribution in [-0.2, 0) is 11.3 Å². The van der Waals surface area contributed by atoms with E-state index >= 15 is 0 Å². The molecule has 1 amide bonds. The summed E-state index contributed by atoms with van der Waals surface area (Å²) in [6.07, 6.45) is 0.901. The monoisotopic (exact) mass is 304 g/mol. The molecule has 4 nitrogen and oxygen atoms in total. The number of nitrogens with one attached hydrogen (secondary N) is 2. The van der Waals surface area contributed by atoms with E-state index in [9.17, 15) is 4.79 Å². The fourth-order valence-corrected chi connectivity index (χ4v) is 2.29. The third-order valence-corrected chi connectivity index (χ3v) is 3.36. The molecule has 1 aliphatic heterocycles. The Morgan fingerprint density at radius 1 is 1.58 bits per heavy atom. The van der Waals surface area contributed by atoms with E-state index in [1.807, 2.05) is 6.07 Å². The predicted octanol–water partition coefficient (Wildman–Crippen LogP) is 2.00. The third-order valence-electron chi connectivity index (χ3n) is 3.13. The van der Waals surface area contributed by atoms with Gasteiger partial charge in [-0.15, -0.1) is 12.4 Å². The average Bonchev–Trinajstić information content (AvgIpc) is 2.90. The molecule has 2 rings (SSSR count). The second-order valence-corrected chi connectivity index (χ2v) is 4.80. The van der Waals surface area contributed by atoms with Gasteiger partial charge in [-0.25, -0.2) is 0 Å². The number of carbonyl (C=O) groups is 1. The van der Waals surface area contributed by atoms with Crippen molar-refractivity contribution in [2.24, 2.45) is 5.92 Å². The molecule has 1 unspecified atom stereocenters. The van der Waals surface area contributed by atoms with Gasteiger partial charge in [0.2, 0.25) is 5.91 Å². The Labute approximate surface area is 124 Å². The largest absolute Gasteiger partial charge is 0.496 e. The van der Waals surface area contributed by atoms with Crippen molar-refractivity contribution < 1.29 is 9.53 Å². The summed E-state index contributed by atoms with van der Waals surface area (Å²) in [4.78, 5) is 11.9. The number of hydrogen-bond acceptors (Lipinski definition) is 3. The Balaban J connectivity index is 0.00000180. The Kier molecular flexibility index (Phi) is 6.42. The molecule has 1 atom stereocenters. The molecule has 1 aromatic rings. The molecule has 0 aliphatic carbocycles. The average molecular weight is 305 g/mol. The number of carbonyl (C=O) groups excluding carboxylic acids is 1. The molecule has 0 spiro atoms. The van der Waals surface area contributed by atoms with Crippen molar-refractivity contribution >= 4 is 29.9 Å². The van der Waals surface area contributed by atoms with Crippen molar-refractivity contribution in [2.45, 2.75) is 13.0 Å². The summed E-state index contributed by atoms with van der Waals surface area (Å²) in [5.74, 6) is 0.904. The van der Waals surface area contributed by atoms with Crippen LogP contribution in [0.5, 0.6) is 5.75 Å². The van der Waals surface area contributed by atoms with Crippen molar-refractivity contribution in [3.63, 3.8) is 0 Å². The molecule has 1 saturated heterocycles. The summed E-state index contributed by atoms with van der Waals surface area (Å²) in [6, 6.07) is 5.39. The Hall–Kier alpha value is -0.970. The number of amides is 1. The fraction of sp³-hybridized carbons (Fsp3) is 0.462. The molecular formula is C13H18Cl2N2O2. The first-order chi connectivity index (χ1) is 8.70. The van der Waals surface area contributed by atoms with Crippen LogP contribution in [-0.4, -0.2) is 26.1 Å². The van der Waals surface area contributed by atoms with Crippen molar-refractivity contribution in [3.8, 4) is 5.75 Å². The first kappa shape index (κ1) is 16.1. The maximum absolute atomic E-state index is 11.9. The molecule has 0 aromatic heterocycles. The molecule has 1 aliphatic rings.